The molecule has 0 aliphatic heterocycles. The summed E-state index contributed by atoms with van der Waals surface area (Å²) in [4.78, 5) is 0. The maximum Gasteiger partial charge on any atom is 0.0828 e. The molecule has 1 atom stereocenters. The van der Waals surface area contributed by atoms with Gasteiger partial charge in [-0.05, 0) is 19.3 Å². The smallest absolute Gasteiger partial charge is 0.0828 e. The molecule has 0 amide bonds. The Morgan fingerprint density at radius 2 is 1.75 bits per heavy atom. The van der Waals surface area contributed by atoms with Crippen LogP contribution in [0.5, 0.6) is 0 Å². The molecule has 0 spiro atoms. The normalized spacial score (nSPS) is 21.2. The van der Waals surface area contributed by atoms with Crippen LogP contribution < -0.4 is 5.73 Å². The van der Waals surface area contributed by atoms with E-state index in [1.165, 1.54) is 57.8 Å². The van der Waals surface area contributed by atoms with E-state index in [1.807, 2.05) is 7.11 Å². The van der Waals surface area contributed by atoms with Crippen molar-refractivity contribution in [2.45, 2.75) is 82.8 Å². The summed E-state index contributed by atoms with van der Waals surface area (Å²) in [5, 5.41) is 0. The highest BCUT2D eigenvalue weighted by Gasteiger charge is 2.39. The molecule has 1 rings (SSSR count). The quantitative estimate of drug-likeness (QED) is 0.643. The summed E-state index contributed by atoms with van der Waals surface area (Å²) in [6.07, 6.45) is 12.7. The van der Waals surface area contributed by atoms with Crippen molar-refractivity contribution in [3.05, 3.63) is 0 Å². The molecule has 1 fully saturated rings. The molecule has 96 valence electrons. The van der Waals surface area contributed by atoms with Gasteiger partial charge in [0.25, 0.3) is 0 Å². The predicted octanol–water partition coefficient (Wildman–Crippen LogP) is 3.63. The monoisotopic (exact) mass is 227 g/mol. The van der Waals surface area contributed by atoms with Crippen molar-refractivity contribution in [3.63, 3.8) is 0 Å². The molecule has 0 aromatic heterocycles. The number of nitrogens with two attached hydrogens (primary N) is 1. The highest BCUT2D eigenvalue weighted by Crippen LogP contribution is 2.36. The lowest BCUT2D eigenvalue weighted by atomic mass is 9.89. The lowest BCUT2D eigenvalue weighted by Crippen LogP contribution is -2.47. The Bertz CT molecular complexity index is 176. The molecule has 0 bridgehead atoms. The van der Waals surface area contributed by atoms with Gasteiger partial charge in [-0.25, -0.2) is 0 Å². The largest absolute Gasteiger partial charge is 0.377 e. The van der Waals surface area contributed by atoms with Crippen molar-refractivity contribution in [1.29, 1.82) is 0 Å². The number of hydrogen-bond donors (Lipinski definition) is 1. The van der Waals surface area contributed by atoms with Gasteiger partial charge in [0.2, 0.25) is 0 Å². The first kappa shape index (κ1) is 14.0. The summed E-state index contributed by atoms with van der Waals surface area (Å²) in [5.74, 6) is 0. The van der Waals surface area contributed by atoms with Crippen molar-refractivity contribution in [3.8, 4) is 0 Å². The van der Waals surface area contributed by atoms with Crippen LogP contribution >= 0.6 is 0 Å². The van der Waals surface area contributed by atoms with E-state index in [-0.39, 0.29) is 11.6 Å². The maximum atomic E-state index is 6.31. The van der Waals surface area contributed by atoms with Crippen molar-refractivity contribution < 1.29 is 4.74 Å². The van der Waals surface area contributed by atoms with Crippen LogP contribution in [-0.2, 0) is 4.74 Å². The molecule has 1 aliphatic rings. The van der Waals surface area contributed by atoms with Crippen molar-refractivity contribution in [2.75, 3.05) is 7.11 Å². The van der Waals surface area contributed by atoms with Crippen LogP contribution in [0.4, 0.5) is 0 Å². The van der Waals surface area contributed by atoms with Gasteiger partial charge in [-0.15, -0.1) is 0 Å². The summed E-state index contributed by atoms with van der Waals surface area (Å²) in [6, 6.07) is 0.252. The molecule has 2 nitrogen and oxygen atoms in total. The van der Waals surface area contributed by atoms with Gasteiger partial charge in [-0.3, -0.25) is 0 Å². The second-order valence-corrected chi connectivity index (χ2v) is 5.29. The third-order valence-corrected chi connectivity index (χ3v) is 4.15. The van der Waals surface area contributed by atoms with Gasteiger partial charge in [0.1, 0.15) is 0 Å². The first-order valence-electron chi connectivity index (χ1n) is 7.06. The van der Waals surface area contributed by atoms with Crippen molar-refractivity contribution in [2.24, 2.45) is 5.73 Å². The van der Waals surface area contributed by atoms with E-state index < -0.39 is 0 Å². The minimum absolute atomic E-state index is 0.0186. The molecule has 16 heavy (non-hydrogen) atoms. The lowest BCUT2D eigenvalue weighted by molar-refractivity contribution is -0.0279. The standard InChI is InChI=1S/C14H29NO/c1-3-4-5-6-7-10-13(15)14(16-2)11-8-9-12-14/h13H,3-12,15H2,1-2H3. The predicted molar refractivity (Wildman–Crippen MR) is 69.6 cm³/mol. The fraction of sp³-hybridized carbons (Fsp3) is 1.00. The van der Waals surface area contributed by atoms with E-state index in [0.717, 1.165) is 6.42 Å². The summed E-state index contributed by atoms with van der Waals surface area (Å²) in [5.41, 5.74) is 6.33. The molecule has 2 heteroatoms. The van der Waals surface area contributed by atoms with E-state index in [0.29, 0.717) is 0 Å². The van der Waals surface area contributed by atoms with Crippen LogP contribution in [0, 0.1) is 0 Å². The summed E-state index contributed by atoms with van der Waals surface area (Å²) < 4.78 is 5.71. The van der Waals surface area contributed by atoms with Gasteiger partial charge < -0.3 is 10.5 Å². The van der Waals surface area contributed by atoms with Crippen LogP contribution in [0.2, 0.25) is 0 Å². The Hall–Kier alpha value is -0.0800. The number of methoxy groups -OCH3 is 1. The van der Waals surface area contributed by atoms with Crippen LogP contribution in [-0.4, -0.2) is 18.8 Å². The second-order valence-electron chi connectivity index (χ2n) is 5.29. The van der Waals surface area contributed by atoms with E-state index in [2.05, 4.69) is 6.92 Å². The zero-order valence-corrected chi connectivity index (χ0v) is 11.1. The number of ether oxygens (including phenoxy) is 1. The van der Waals surface area contributed by atoms with Gasteiger partial charge in [0, 0.05) is 13.2 Å². The molecule has 0 aromatic carbocycles. The molecule has 0 saturated heterocycles. The van der Waals surface area contributed by atoms with Gasteiger partial charge in [-0.2, -0.15) is 0 Å². The fourth-order valence-corrected chi connectivity index (χ4v) is 2.93. The van der Waals surface area contributed by atoms with Crippen LogP contribution in [0.3, 0.4) is 0 Å². The highest BCUT2D eigenvalue weighted by atomic mass is 16.5. The topological polar surface area (TPSA) is 35.2 Å². The molecule has 1 aliphatic carbocycles. The van der Waals surface area contributed by atoms with Crippen LogP contribution in [0.25, 0.3) is 0 Å². The molecule has 1 unspecified atom stereocenters. The fourth-order valence-electron chi connectivity index (χ4n) is 2.93. The highest BCUT2D eigenvalue weighted by molar-refractivity contribution is 4.94. The zero-order chi connectivity index (χ0) is 11.9. The molecule has 0 aromatic rings. The van der Waals surface area contributed by atoms with Gasteiger partial charge in [0.15, 0.2) is 0 Å². The molecule has 2 N–H and O–H groups in total. The van der Waals surface area contributed by atoms with E-state index >= 15 is 0 Å². The molecule has 0 heterocycles. The molecule has 0 radical (unpaired) electrons. The molecular formula is C14H29NO. The van der Waals surface area contributed by atoms with E-state index in [9.17, 15) is 0 Å². The van der Waals surface area contributed by atoms with Gasteiger partial charge >= 0.3 is 0 Å². The maximum absolute atomic E-state index is 6.31. The van der Waals surface area contributed by atoms with E-state index in [4.69, 9.17) is 10.5 Å². The SMILES string of the molecule is CCCCCCCC(N)C1(OC)CCCC1. The Morgan fingerprint density at radius 3 is 2.31 bits per heavy atom. The van der Waals surface area contributed by atoms with Gasteiger partial charge in [-0.1, -0.05) is 51.9 Å². The van der Waals surface area contributed by atoms with Gasteiger partial charge in [0.05, 0.1) is 5.60 Å². The lowest BCUT2D eigenvalue weighted by Gasteiger charge is -2.34. The first-order valence-corrected chi connectivity index (χ1v) is 7.06. The molecular weight excluding hydrogens is 198 g/mol. The number of hydrogen-bond acceptors (Lipinski definition) is 2. The third-order valence-electron chi connectivity index (χ3n) is 4.15. The average molecular weight is 227 g/mol. The average Bonchev–Trinajstić information content (AvgIpc) is 2.78. The third kappa shape index (κ3) is 3.74. The Balaban J connectivity index is 2.19. The molecule has 1 saturated carbocycles. The minimum Gasteiger partial charge on any atom is -0.377 e. The second kappa shape index (κ2) is 7.29. The van der Waals surface area contributed by atoms with Crippen molar-refractivity contribution >= 4 is 0 Å². The van der Waals surface area contributed by atoms with E-state index in [1.54, 1.807) is 0 Å². The zero-order valence-electron chi connectivity index (χ0n) is 11.1. The van der Waals surface area contributed by atoms with Crippen LogP contribution in [0.15, 0.2) is 0 Å². The summed E-state index contributed by atoms with van der Waals surface area (Å²) in [6.45, 7) is 2.25. The first-order chi connectivity index (χ1) is 7.75. The Kier molecular flexibility index (Phi) is 6.37. The Morgan fingerprint density at radius 1 is 1.12 bits per heavy atom. The number of unbranched alkanes of at least 4 members (excludes halogenated alkanes) is 4. The minimum atomic E-state index is 0.0186. The van der Waals surface area contributed by atoms with Crippen LogP contribution in [0.1, 0.15) is 71.1 Å². The summed E-state index contributed by atoms with van der Waals surface area (Å²) >= 11 is 0. The Labute approximate surface area is 101 Å². The number of rotatable bonds is 8. The summed E-state index contributed by atoms with van der Waals surface area (Å²) in [7, 11) is 1.84. The van der Waals surface area contributed by atoms with Crippen molar-refractivity contribution in [1.82, 2.24) is 0 Å².